The van der Waals surface area contributed by atoms with E-state index in [1.807, 2.05) is 41.5 Å². The molecule has 19 nitrogen and oxygen atoms in total. The van der Waals surface area contributed by atoms with Gasteiger partial charge in [0.05, 0.1) is 17.3 Å². The molecule has 2 spiro atoms. The van der Waals surface area contributed by atoms with Gasteiger partial charge in [0.25, 0.3) is 0 Å². The van der Waals surface area contributed by atoms with Crippen LogP contribution in [0.5, 0.6) is 0 Å². The summed E-state index contributed by atoms with van der Waals surface area (Å²) in [5.41, 5.74) is 2.49. The largest absolute Gasteiger partial charge is 0.456 e. The maximum atomic E-state index is 12.1. The highest BCUT2D eigenvalue weighted by molar-refractivity contribution is 5.89. The number of carbonyl (C=O) groups excluding carboxylic acids is 8. The van der Waals surface area contributed by atoms with Gasteiger partial charge in [0, 0.05) is 57.9 Å². The average molecular weight is 2000 g/mol. The van der Waals surface area contributed by atoms with Gasteiger partial charge in [-0.05, 0) is 457 Å². The van der Waals surface area contributed by atoms with Crippen LogP contribution in [0.25, 0.3) is 0 Å². The van der Waals surface area contributed by atoms with Gasteiger partial charge in [0.2, 0.25) is 18.9 Å². The van der Waals surface area contributed by atoms with Crippen LogP contribution in [0.1, 0.15) is 440 Å². The van der Waals surface area contributed by atoms with Crippen molar-refractivity contribution in [1.29, 1.82) is 0 Å². The van der Waals surface area contributed by atoms with E-state index < -0.39 is 24.8 Å². The lowest BCUT2D eigenvalue weighted by Gasteiger charge is -2.56. The molecule has 22 aliphatic rings. The fourth-order valence-corrected chi connectivity index (χ4v) is 34.7. The third kappa shape index (κ3) is 27.5. The predicted octanol–water partition coefficient (Wildman–Crippen LogP) is 29.8. The summed E-state index contributed by atoms with van der Waals surface area (Å²) in [6, 6.07) is 0. The molecule has 22 saturated carbocycles. The molecule has 22 fully saturated rings. The predicted molar refractivity (Wildman–Crippen MR) is 569 cm³/mol. The molecule has 13 unspecified atom stereocenters. The summed E-state index contributed by atoms with van der Waals surface area (Å²) in [6.07, 6.45) is 61.7. The van der Waals surface area contributed by atoms with Gasteiger partial charge >= 0.3 is 47.8 Å². The van der Waals surface area contributed by atoms with E-state index in [0.717, 1.165) is 135 Å². The summed E-state index contributed by atoms with van der Waals surface area (Å²) in [5, 5.41) is 0. The van der Waals surface area contributed by atoms with Crippen LogP contribution in [0.4, 0.5) is 0 Å². The lowest BCUT2D eigenvalue weighted by molar-refractivity contribution is -0.244. The summed E-state index contributed by atoms with van der Waals surface area (Å²) in [5.74, 6) is 11.9. The zero-order chi connectivity index (χ0) is 105. The molecular formula is C125H196O19. The van der Waals surface area contributed by atoms with Crippen molar-refractivity contribution in [2.24, 2.45) is 134 Å². The lowest BCUT2D eigenvalue weighted by atomic mass is 9.54. The van der Waals surface area contributed by atoms with Crippen LogP contribution in [0.2, 0.25) is 0 Å². The van der Waals surface area contributed by atoms with Crippen LogP contribution >= 0.6 is 0 Å². The Morgan fingerprint density at radius 1 is 0.326 bits per heavy atom. The Bertz CT molecular complexity index is 4410. The molecule has 0 saturated heterocycles. The van der Waals surface area contributed by atoms with Crippen molar-refractivity contribution in [2.75, 3.05) is 0 Å². The minimum absolute atomic E-state index is 0.00435. The van der Waals surface area contributed by atoms with E-state index in [9.17, 15) is 38.4 Å². The molecule has 0 aromatic heterocycles. The first kappa shape index (κ1) is 116. The van der Waals surface area contributed by atoms with Gasteiger partial charge in [0.15, 0.2) is 0 Å². The zero-order valence-corrected chi connectivity index (χ0v) is 93.7. The highest BCUT2D eigenvalue weighted by atomic mass is 16.7. The van der Waals surface area contributed by atoms with Gasteiger partial charge in [-0.1, -0.05) is 158 Å². The Labute approximate surface area is 870 Å². The first-order valence-electron chi connectivity index (χ1n) is 57.5. The molecule has 16 bridgehead atoms. The van der Waals surface area contributed by atoms with Gasteiger partial charge in [-0.15, -0.1) is 0 Å². The van der Waals surface area contributed by atoms with E-state index in [1.54, 1.807) is 34.6 Å². The van der Waals surface area contributed by atoms with Crippen LogP contribution in [0, 0.1) is 134 Å². The maximum Gasteiger partial charge on any atom is 0.335 e. The molecular weight excluding hydrogens is 1810 g/mol. The quantitative estimate of drug-likeness (QED) is 0.0357. The molecule has 22 rings (SSSR count). The highest BCUT2D eigenvalue weighted by Gasteiger charge is 2.71. The molecule has 19 heteroatoms. The van der Waals surface area contributed by atoms with Crippen LogP contribution < -0.4 is 0 Å². The Balaban J connectivity index is 0.000000147. The summed E-state index contributed by atoms with van der Waals surface area (Å²) in [7, 11) is 0. The van der Waals surface area contributed by atoms with Gasteiger partial charge in [-0.25, -0.2) is 38.4 Å². The second-order valence-corrected chi connectivity index (χ2v) is 53.1. The molecule has 144 heavy (non-hydrogen) atoms. The van der Waals surface area contributed by atoms with Crippen LogP contribution in [0.15, 0.2) is 98.7 Å². The number of ether oxygens (including phenoxy) is 11. The van der Waals surface area contributed by atoms with Crippen molar-refractivity contribution < 1.29 is 90.5 Å². The third-order valence-corrected chi connectivity index (χ3v) is 40.9. The molecule has 0 radical (unpaired) electrons. The minimum Gasteiger partial charge on any atom is -0.456 e. The topological polar surface area (TPSA) is 238 Å². The van der Waals surface area contributed by atoms with Crippen molar-refractivity contribution >= 4 is 47.8 Å². The van der Waals surface area contributed by atoms with E-state index in [1.165, 1.54) is 256 Å². The van der Waals surface area contributed by atoms with Crippen molar-refractivity contribution in [3.05, 3.63) is 98.7 Å². The van der Waals surface area contributed by atoms with Gasteiger partial charge in [-0.2, -0.15) is 0 Å². The van der Waals surface area contributed by atoms with E-state index >= 15 is 0 Å². The van der Waals surface area contributed by atoms with E-state index in [2.05, 4.69) is 115 Å². The summed E-state index contributed by atoms with van der Waals surface area (Å²) < 4.78 is 62.7. The number of fused-ring (bicyclic) bond motifs is 2. The maximum absolute atomic E-state index is 12.1. The normalized spacial score (nSPS) is 36.6. The van der Waals surface area contributed by atoms with Gasteiger partial charge < -0.3 is 52.1 Å². The lowest BCUT2D eigenvalue weighted by Crippen LogP contribution is -2.53. The average Bonchev–Trinajstić information content (AvgIpc) is 1.53. The standard InChI is InChI=1S/C19H30O2.C18H28O2.C17H28O2.2C16H24O3.C15H22O3.C13H22O2.C11H18O2/c1-12(2)16(20)21-18(6)9-10-19-11-15(18)17(4,5)14(19)8-7-13(19)3;1-6-15(19)20-17(5)9-10-18-11-14(17)16(3,4)13(18)8-7-12(18)2;1-3-16(18)19-17(2,14-10-6-4-7-11-14)15-12-8-5-9-13-15;1-10(2)15(17)18-11(3)19-16-7-12-4-13(8-16)6-14(5-12)9-16;1-9(2)16(17)19-10(3)18-15-13-5-11-4-12(7-13)8-14(15)6-11;1-3-14(16)17-10(2)18-15-7-11-4-12(8-15)6-13(5-11)9-15;1-10(2)12(14)15-13(3,4)11-8-6-5-7-9-11;1-9(2)10(12)13-11(3)7-5-4-6-8-11/h13-15H,1,7-11H2,2-6H3;6,12-14H,1,7-11H2,2-5H3;3,14-15H,1,4-13H2,2H3;11-14H,1,4-9H2,2-3H3;10-15H,1,4-8H2,2-3H3;3,10-13H,1,4-9H2,2H3;11H,1,5-9H2,2-4H3;1,4-8H2,2-3H3. The SMILES string of the molecule is C=C(C)C(=O)OC(C)(C)C1CCCCC1.C=C(C)C(=O)OC(C)OC12CC3CC(CC(C3)C1)C2.C=C(C)C(=O)OC(C)OC1C2CC3CC(C2)CC1C3.C=C(C)C(=O)OC1(C)CCC23CC1C(C)(C)C2CCC3C.C=C(C)C(=O)OC1(C)CCCCC1.C=CC(=O)OC(C)(C1CCCCC1)C1CCCCC1.C=CC(=O)OC(C)OC12CC3CC(CC(C3)C1)C2.C=CC(=O)OC1(C)CCC23CC1C(C)(C)C2CCC3C. The first-order valence-corrected chi connectivity index (χ1v) is 57.5. The molecule has 0 heterocycles. The Kier molecular flexibility index (Phi) is 38.8. The van der Waals surface area contributed by atoms with E-state index in [4.69, 9.17) is 52.1 Å². The smallest absolute Gasteiger partial charge is 0.335 e. The molecule has 810 valence electrons. The van der Waals surface area contributed by atoms with Crippen LogP contribution in [-0.4, -0.2) is 112 Å². The van der Waals surface area contributed by atoms with Gasteiger partial charge in [0.1, 0.15) is 28.0 Å². The monoisotopic (exact) mass is 2000 g/mol. The van der Waals surface area contributed by atoms with Crippen molar-refractivity contribution in [3.63, 3.8) is 0 Å². The number of rotatable bonds is 25. The molecule has 0 amide bonds. The summed E-state index contributed by atoms with van der Waals surface area (Å²) >= 11 is 0. The fraction of sp³-hybridized carbons (Fsp3) is 0.808. The number of carbonyl (C=O) groups is 8. The second kappa shape index (κ2) is 48.0. The van der Waals surface area contributed by atoms with Gasteiger partial charge in [-0.3, -0.25) is 0 Å². The minimum atomic E-state index is -0.458. The van der Waals surface area contributed by atoms with E-state index in [-0.39, 0.29) is 91.8 Å². The molecule has 13 atom stereocenters. The molecule has 0 aromatic carbocycles. The van der Waals surface area contributed by atoms with E-state index in [0.29, 0.717) is 86.2 Å². The molecule has 0 aromatic rings. The number of hydrogen-bond donors (Lipinski definition) is 0. The zero-order valence-electron chi connectivity index (χ0n) is 93.7. The number of hydrogen-bond acceptors (Lipinski definition) is 19. The highest BCUT2D eigenvalue weighted by Crippen LogP contribution is 2.76. The van der Waals surface area contributed by atoms with Crippen LogP contribution in [-0.2, 0) is 90.5 Å². The Morgan fingerprint density at radius 2 is 0.660 bits per heavy atom. The fourth-order valence-electron chi connectivity index (χ4n) is 34.7. The third-order valence-electron chi connectivity index (χ3n) is 40.9. The van der Waals surface area contributed by atoms with Crippen molar-refractivity contribution in [2.45, 2.75) is 504 Å². The van der Waals surface area contributed by atoms with Crippen LogP contribution in [0.3, 0.4) is 0 Å². The summed E-state index contributed by atoms with van der Waals surface area (Å²) in [4.78, 5) is 92.6. The molecule has 0 N–H and O–H groups in total. The first-order chi connectivity index (χ1) is 67.6. The van der Waals surface area contributed by atoms with Crippen molar-refractivity contribution in [1.82, 2.24) is 0 Å². The molecule has 0 aliphatic heterocycles. The summed E-state index contributed by atoms with van der Waals surface area (Å²) in [6.45, 7) is 69.7. The Hall–Kier alpha value is -6.44. The molecule has 22 aliphatic carbocycles. The number of esters is 8. The second-order valence-electron chi connectivity index (χ2n) is 53.1. The Morgan fingerprint density at radius 3 is 1.03 bits per heavy atom. The van der Waals surface area contributed by atoms with Crippen molar-refractivity contribution in [3.8, 4) is 0 Å².